The molecule has 0 aliphatic carbocycles. The maximum Gasteiger partial charge on any atom is 0.271 e. The van der Waals surface area contributed by atoms with Crippen molar-refractivity contribution in [3.05, 3.63) is 53.3 Å². The Morgan fingerprint density at radius 2 is 1.76 bits per heavy atom. The van der Waals surface area contributed by atoms with Gasteiger partial charge in [-0.05, 0) is 37.3 Å². The van der Waals surface area contributed by atoms with E-state index in [1.54, 1.807) is 37.3 Å². The fourth-order valence-electron chi connectivity index (χ4n) is 3.03. The summed E-state index contributed by atoms with van der Waals surface area (Å²) >= 11 is 0. The average molecular weight is 401 g/mol. The molecule has 0 radical (unpaired) electrons. The molecule has 7 nitrogen and oxygen atoms in total. The van der Waals surface area contributed by atoms with E-state index in [1.807, 2.05) is 4.90 Å². The van der Waals surface area contributed by atoms with E-state index >= 15 is 0 Å². The number of anilines is 1. The molecule has 8 heteroatoms. The second-order valence-electron chi connectivity index (χ2n) is 6.47. The first-order valence-corrected chi connectivity index (χ1v) is 9.22. The Bertz CT molecular complexity index is 911. The normalized spacial score (nSPS) is 14.5. The first-order valence-electron chi connectivity index (χ1n) is 9.22. The van der Waals surface area contributed by atoms with Crippen LogP contribution >= 0.6 is 0 Å². The summed E-state index contributed by atoms with van der Waals surface area (Å²) in [4.78, 5) is 14.3. The van der Waals surface area contributed by atoms with Crippen LogP contribution in [0.25, 0.3) is 0 Å². The number of hydrogen-bond donors (Lipinski definition) is 1. The highest BCUT2D eigenvalue weighted by atomic mass is 19.1. The quantitative estimate of drug-likeness (QED) is 0.595. The van der Waals surface area contributed by atoms with Crippen molar-refractivity contribution in [3.8, 4) is 11.5 Å². The molecular formula is C21H24FN3O4. The van der Waals surface area contributed by atoms with Crippen molar-refractivity contribution in [3.63, 3.8) is 0 Å². The van der Waals surface area contributed by atoms with Crippen molar-refractivity contribution in [2.45, 2.75) is 6.92 Å². The van der Waals surface area contributed by atoms with Crippen LogP contribution in [0, 0.1) is 5.82 Å². The fourth-order valence-corrected chi connectivity index (χ4v) is 3.03. The van der Waals surface area contributed by atoms with E-state index < -0.39 is 5.91 Å². The van der Waals surface area contributed by atoms with Gasteiger partial charge >= 0.3 is 0 Å². The first-order chi connectivity index (χ1) is 14.0. The van der Waals surface area contributed by atoms with E-state index in [0.717, 1.165) is 0 Å². The smallest absolute Gasteiger partial charge is 0.271 e. The molecule has 1 N–H and O–H groups in total. The molecule has 2 aromatic carbocycles. The van der Waals surface area contributed by atoms with Gasteiger partial charge in [0.2, 0.25) is 0 Å². The third-order valence-corrected chi connectivity index (χ3v) is 4.69. The summed E-state index contributed by atoms with van der Waals surface area (Å²) in [6, 6.07) is 9.75. The number of morpholine rings is 1. The number of rotatable bonds is 6. The Hall–Kier alpha value is -3.13. The minimum Gasteiger partial charge on any atom is -0.493 e. The summed E-state index contributed by atoms with van der Waals surface area (Å²) in [7, 11) is 3.02. The molecule has 2 aromatic rings. The molecule has 0 atom stereocenters. The maximum atomic E-state index is 14.6. The van der Waals surface area contributed by atoms with Crippen molar-refractivity contribution in [2.24, 2.45) is 5.10 Å². The standard InChI is InChI=1S/C21H24FN3O4/c1-14(15-4-6-18(17(22)12-15)25-8-10-29-11-9-25)23-24-21(26)16-5-7-19(27-2)20(13-16)28-3/h4-7,12-13H,8-11H2,1-3H3,(H,24,26)/b23-14-. The van der Waals surface area contributed by atoms with Gasteiger partial charge in [-0.15, -0.1) is 0 Å². The van der Waals surface area contributed by atoms with Crippen molar-refractivity contribution in [2.75, 3.05) is 45.4 Å². The van der Waals surface area contributed by atoms with Crippen LogP contribution in [0.5, 0.6) is 11.5 Å². The number of nitrogens with zero attached hydrogens (tertiary/aromatic N) is 2. The lowest BCUT2D eigenvalue weighted by molar-refractivity contribution is 0.0954. The van der Waals surface area contributed by atoms with Gasteiger partial charge in [-0.1, -0.05) is 6.07 Å². The monoisotopic (exact) mass is 401 g/mol. The number of amides is 1. The molecule has 0 bridgehead atoms. The molecule has 1 heterocycles. The Kier molecular flexibility index (Phi) is 6.66. The highest BCUT2D eigenvalue weighted by Gasteiger charge is 2.16. The lowest BCUT2D eigenvalue weighted by Gasteiger charge is -2.29. The summed E-state index contributed by atoms with van der Waals surface area (Å²) in [5, 5.41) is 4.10. The lowest BCUT2D eigenvalue weighted by atomic mass is 10.1. The Morgan fingerprint density at radius 1 is 1.07 bits per heavy atom. The van der Waals surface area contributed by atoms with E-state index in [-0.39, 0.29) is 5.82 Å². The maximum absolute atomic E-state index is 14.6. The predicted molar refractivity (Wildman–Crippen MR) is 109 cm³/mol. The van der Waals surface area contributed by atoms with E-state index in [0.29, 0.717) is 60.3 Å². The SMILES string of the molecule is COc1ccc(C(=O)N/N=C(/C)c2ccc(N3CCOCC3)c(F)c2)cc1OC. The number of carbonyl (C=O) groups excluding carboxylic acids is 1. The van der Waals surface area contributed by atoms with Crippen LogP contribution in [-0.4, -0.2) is 52.1 Å². The summed E-state index contributed by atoms with van der Waals surface area (Å²) in [6.45, 7) is 4.20. The van der Waals surface area contributed by atoms with E-state index in [9.17, 15) is 9.18 Å². The van der Waals surface area contributed by atoms with Gasteiger partial charge in [-0.3, -0.25) is 4.79 Å². The molecule has 3 rings (SSSR count). The highest BCUT2D eigenvalue weighted by molar-refractivity contribution is 6.01. The molecule has 0 saturated carbocycles. The van der Waals surface area contributed by atoms with Crippen LogP contribution in [0.4, 0.5) is 10.1 Å². The first kappa shape index (κ1) is 20.6. The average Bonchev–Trinajstić information content (AvgIpc) is 2.77. The zero-order chi connectivity index (χ0) is 20.8. The van der Waals surface area contributed by atoms with Gasteiger partial charge in [0.15, 0.2) is 11.5 Å². The van der Waals surface area contributed by atoms with Gasteiger partial charge in [0.05, 0.1) is 38.8 Å². The summed E-state index contributed by atoms with van der Waals surface area (Å²) in [5.74, 6) is 0.238. The predicted octanol–water partition coefficient (Wildman–Crippen LogP) is 2.83. The zero-order valence-electron chi connectivity index (χ0n) is 16.7. The van der Waals surface area contributed by atoms with Crippen LogP contribution in [-0.2, 0) is 4.74 Å². The number of hydrazone groups is 1. The number of nitrogens with one attached hydrogen (secondary N) is 1. The fraction of sp³-hybridized carbons (Fsp3) is 0.333. The van der Waals surface area contributed by atoms with Crippen molar-refractivity contribution in [1.82, 2.24) is 5.43 Å². The number of hydrogen-bond acceptors (Lipinski definition) is 6. The highest BCUT2D eigenvalue weighted by Crippen LogP contribution is 2.27. The molecule has 0 unspecified atom stereocenters. The topological polar surface area (TPSA) is 72.4 Å². The van der Waals surface area contributed by atoms with Crippen LogP contribution in [0.15, 0.2) is 41.5 Å². The molecule has 154 valence electrons. The van der Waals surface area contributed by atoms with Crippen molar-refractivity contribution < 1.29 is 23.4 Å². The van der Waals surface area contributed by atoms with Gasteiger partial charge < -0.3 is 19.1 Å². The Balaban J connectivity index is 1.70. The molecule has 1 fully saturated rings. The third-order valence-electron chi connectivity index (χ3n) is 4.69. The van der Waals surface area contributed by atoms with E-state index in [4.69, 9.17) is 14.2 Å². The molecule has 0 spiro atoms. The number of halogens is 1. The van der Waals surface area contributed by atoms with Crippen LogP contribution in [0.2, 0.25) is 0 Å². The summed E-state index contributed by atoms with van der Waals surface area (Å²) in [5.41, 5.74) is 4.48. The van der Waals surface area contributed by atoms with Crippen molar-refractivity contribution in [1.29, 1.82) is 0 Å². The minimum atomic E-state index is -0.407. The molecule has 1 amide bonds. The molecule has 1 saturated heterocycles. The molecule has 0 aromatic heterocycles. The van der Waals surface area contributed by atoms with Gasteiger partial charge in [-0.25, -0.2) is 9.82 Å². The van der Waals surface area contributed by atoms with Gasteiger partial charge in [0, 0.05) is 24.2 Å². The zero-order valence-corrected chi connectivity index (χ0v) is 16.7. The number of carbonyl (C=O) groups is 1. The molecular weight excluding hydrogens is 377 g/mol. The van der Waals surface area contributed by atoms with Crippen molar-refractivity contribution >= 4 is 17.3 Å². The van der Waals surface area contributed by atoms with E-state index in [2.05, 4.69) is 10.5 Å². The Morgan fingerprint density at radius 3 is 2.41 bits per heavy atom. The largest absolute Gasteiger partial charge is 0.493 e. The third kappa shape index (κ3) is 4.83. The Labute approximate surface area is 169 Å². The minimum absolute atomic E-state index is 0.329. The van der Waals surface area contributed by atoms with Crippen LogP contribution in [0.1, 0.15) is 22.8 Å². The molecule has 1 aliphatic heterocycles. The molecule has 1 aliphatic rings. The lowest BCUT2D eigenvalue weighted by Crippen LogP contribution is -2.36. The van der Waals surface area contributed by atoms with Gasteiger partial charge in [0.1, 0.15) is 5.82 Å². The summed E-state index contributed by atoms with van der Waals surface area (Å²) in [6.07, 6.45) is 0. The second kappa shape index (κ2) is 9.38. The number of methoxy groups -OCH3 is 2. The van der Waals surface area contributed by atoms with Crippen LogP contribution < -0.4 is 19.8 Å². The van der Waals surface area contributed by atoms with Gasteiger partial charge in [0.25, 0.3) is 5.91 Å². The van der Waals surface area contributed by atoms with E-state index in [1.165, 1.54) is 20.3 Å². The molecule has 29 heavy (non-hydrogen) atoms. The van der Waals surface area contributed by atoms with Crippen LogP contribution in [0.3, 0.4) is 0 Å². The number of benzene rings is 2. The number of ether oxygens (including phenoxy) is 3. The second-order valence-corrected chi connectivity index (χ2v) is 6.47. The summed E-state index contributed by atoms with van der Waals surface area (Å²) < 4.78 is 30.2. The van der Waals surface area contributed by atoms with Gasteiger partial charge in [-0.2, -0.15) is 5.10 Å².